The van der Waals surface area contributed by atoms with Crippen LogP contribution >= 0.6 is 23.2 Å². The lowest BCUT2D eigenvalue weighted by Crippen LogP contribution is -2.29. The van der Waals surface area contributed by atoms with E-state index in [0.29, 0.717) is 16.7 Å². The van der Waals surface area contributed by atoms with Crippen LogP contribution in [0.1, 0.15) is 30.7 Å². The maximum absolute atomic E-state index is 11.6. The number of hydrogen-bond acceptors (Lipinski definition) is 3. The molecule has 1 saturated heterocycles. The third kappa shape index (κ3) is 4.35. The molecule has 0 N–H and O–H groups in total. The number of ether oxygens (including phenoxy) is 1. The smallest absolute Gasteiger partial charge is 0.150 e. The van der Waals surface area contributed by atoms with Crippen molar-refractivity contribution >= 4 is 33.0 Å². The third-order valence-corrected chi connectivity index (χ3v) is 5.20. The molecule has 6 heteroatoms. The Kier molecular flexibility index (Phi) is 5.35. The Morgan fingerprint density at radius 1 is 1.25 bits per heavy atom. The molecule has 20 heavy (non-hydrogen) atoms. The standard InChI is InChI=1S/C14H18Cl2O3S/c1-20(17,18)9-14-11(4-2-3-7-19-14)10-5-6-12(15)13(16)8-10/h5-6,8,11,14H,2-4,7,9H2,1H3/t11-,14-/m1/s1. The molecule has 2 atom stereocenters. The highest BCUT2D eigenvalue weighted by Crippen LogP contribution is 2.34. The van der Waals surface area contributed by atoms with E-state index in [4.69, 9.17) is 27.9 Å². The lowest BCUT2D eigenvalue weighted by Gasteiger charge is -2.25. The summed E-state index contributed by atoms with van der Waals surface area (Å²) in [5, 5.41) is 0.996. The highest BCUT2D eigenvalue weighted by molar-refractivity contribution is 7.90. The Labute approximate surface area is 130 Å². The minimum Gasteiger partial charge on any atom is -0.377 e. The van der Waals surface area contributed by atoms with Gasteiger partial charge in [-0.1, -0.05) is 35.7 Å². The molecule has 112 valence electrons. The van der Waals surface area contributed by atoms with Gasteiger partial charge in [-0.25, -0.2) is 8.42 Å². The lowest BCUT2D eigenvalue weighted by molar-refractivity contribution is 0.0617. The van der Waals surface area contributed by atoms with Gasteiger partial charge in [0.1, 0.15) is 9.84 Å². The minimum absolute atomic E-state index is 0.0396. The molecule has 0 unspecified atom stereocenters. The van der Waals surface area contributed by atoms with E-state index in [-0.39, 0.29) is 17.8 Å². The topological polar surface area (TPSA) is 43.4 Å². The van der Waals surface area contributed by atoms with Gasteiger partial charge in [0, 0.05) is 18.8 Å². The summed E-state index contributed by atoms with van der Waals surface area (Å²) in [7, 11) is -3.08. The van der Waals surface area contributed by atoms with Crippen molar-refractivity contribution in [2.75, 3.05) is 18.6 Å². The average molecular weight is 337 g/mol. The third-order valence-electron chi connectivity index (χ3n) is 3.53. The van der Waals surface area contributed by atoms with Gasteiger partial charge >= 0.3 is 0 Å². The zero-order valence-electron chi connectivity index (χ0n) is 11.3. The fourth-order valence-corrected chi connectivity index (χ4v) is 3.82. The second kappa shape index (κ2) is 6.65. The second-order valence-electron chi connectivity index (χ2n) is 5.28. The Bertz CT molecular complexity index is 572. The van der Waals surface area contributed by atoms with Crippen LogP contribution in [0, 0.1) is 0 Å². The number of rotatable bonds is 3. The van der Waals surface area contributed by atoms with Crippen LogP contribution < -0.4 is 0 Å². The zero-order chi connectivity index (χ0) is 14.8. The monoisotopic (exact) mass is 336 g/mol. The molecule has 0 bridgehead atoms. The van der Waals surface area contributed by atoms with Crippen LogP contribution in [0.4, 0.5) is 0 Å². The average Bonchev–Trinajstić information content (AvgIpc) is 2.56. The molecule has 0 radical (unpaired) electrons. The number of hydrogen-bond donors (Lipinski definition) is 0. The largest absolute Gasteiger partial charge is 0.377 e. The van der Waals surface area contributed by atoms with E-state index in [1.54, 1.807) is 6.07 Å². The summed E-state index contributed by atoms with van der Waals surface area (Å²) in [5.74, 6) is 0.0831. The van der Waals surface area contributed by atoms with Gasteiger partial charge in [0.05, 0.1) is 21.9 Å². The highest BCUT2D eigenvalue weighted by Gasteiger charge is 2.29. The summed E-state index contributed by atoms with van der Waals surface area (Å²) >= 11 is 12.0. The van der Waals surface area contributed by atoms with Gasteiger partial charge in [-0.2, -0.15) is 0 Å². The number of benzene rings is 1. The molecular formula is C14H18Cl2O3S. The van der Waals surface area contributed by atoms with Crippen molar-refractivity contribution in [1.29, 1.82) is 0 Å². The summed E-state index contributed by atoms with van der Waals surface area (Å²) in [5.41, 5.74) is 0.995. The summed E-state index contributed by atoms with van der Waals surface area (Å²) in [6.45, 7) is 0.609. The van der Waals surface area contributed by atoms with Crippen molar-refractivity contribution in [2.45, 2.75) is 31.3 Å². The first-order valence-corrected chi connectivity index (χ1v) is 9.43. The van der Waals surface area contributed by atoms with Gasteiger partial charge in [-0.3, -0.25) is 0 Å². The zero-order valence-corrected chi connectivity index (χ0v) is 13.6. The van der Waals surface area contributed by atoms with Crippen molar-refractivity contribution < 1.29 is 13.2 Å². The van der Waals surface area contributed by atoms with E-state index in [0.717, 1.165) is 24.8 Å². The molecule has 1 aliphatic heterocycles. The predicted octanol–water partition coefficient (Wildman–Crippen LogP) is 3.69. The number of sulfone groups is 1. The Balaban J connectivity index is 2.29. The molecule has 1 fully saturated rings. The summed E-state index contributed by atoms with van der Waals surface area (Å²) in [6, 6.07) is 5.48. The summed E-state index contributed by atoms with van der Waals surface area (Å²) in [4.78, 5) is 0. The van der Waals surface area contributed by atoms with Gasteiger partial charge in [-0.05, 0) is 30.5 Å². The first-order chi connectivity index (χ1) is 9.37. The van der Waals surface area contributed by atoms with Crippen LogP contribution in [-0.4, -0.2) is 33.1 Å². The first-order valence-electron chi connectivity index (χ1n) is 6.61. The molecule has 3 nitrogen and oxygen atoms in total. The maximum Gasteiger partial charge on any atom is 0.150 e. The van der Waals surface area contributed by atoms with Crippen molar-refractivity contribution in [3.8, 4) is 0 Å². The van der Waals surface area contributed by atoms with Crippen LogP contribution in [-0.2, 0) is 14.6 Å². The predicted molar refractivity (Wildman–Crippen MR) is 82.5 cm³/mol. The van der Waals surface area contributed by atoms with Gasteiger partial charge in [0.25, 0.3) is 0 Å². The fourth-order valence-electron chi connectivity index (χ4n) is 2.59. The maximum atomic E-state index is 11.6. The molecule has 1 heterocycles. The van der Waals surface area contributed by atoms with Crippen molar-refractivity contribution in [3.05, 3.63) is 33.8 Å². The molecule has 1 aliphatic rings. The summed E-state index contributed by atoms with van der Waals surface area (Å²) in [6.07, 6.45) is 3.80. The van der Waals surface area contributed by atoms with Gasteiger partial charge in [-0.15, -0.1) is 0 Å². The summed E-state index contributed by atoms with van der Waals surface area (Å²) < 4.78 is 28.9. The van der Waals surface area contributed by atoms with Crippen molar-refractivity contribution in [2.24, 2.45) is 0 Å². The van der Waals surface area contributed by atoms with E-state index in [9.17, 15) is 8.42 Å². The van der Waals surface area contributed by atoms with Crippen molar-refractivity contribution in [1.82, 2.24) is 0 Å². The molecule has 1 aromatic rings. The number of halogens is 2. The normalized spacial score (nSPS) is 24.4. The van der Waals surface area contributed by atoms with E-state index >= 15 is 0 Å². The molecule has 0 amide bonds. The molecule has 0 spiro atoms. The van der Waals surface area contributed by atoms with Crippen LogP contribution in [0.2, 0.25) is 10.0 Å². The molecule has 0 aromatic heterocycles. The molecule has 0 aliphatic carbocycles. The van der Waals surface area contributed by atoms with Crippen LogP contribution in [0.15, 0.2) is 18.2 Å². The lowest BCUT2D eigenvalue weighted by atomic mass is 9.90. The van der Waals surface area contributed by atoms with Gasteiger partial charge in [0.15, 0.2) is 0 Å². The molecule has 1 aromatic carbocycles. The Morgan fingerprint density at radius 3 is 2.65 bits per heavy atom. The van der Waals surface area contributed by atoms with E-state index in [1.807, 2.05) is 12.1 Å². The van der Waals surface area contributed by atoms with Crippen LogP contribution in [0.5, 0.6) is 0 Å². The quantitative estimate of drug-likeness (QED) is 0.845. The minimum atomic E-state index is -3.08. The van der Waals surface area contributed by atoms with E-state index in [2.05, 4.69) is 0 Å². The fraction of sp³-hybridized carbons (Fsp3) is 0.571. The molecule has 0 saturated carbocycles. The second-order valence-corrected chi connectivity index (χ2v) is 8.28. The van der Waals surface area contributed by atoms with E-state index in [1.165, 1.54) is 6.26 Å². The SMILES string of the molecule is CS(=O)(=O)C[C@H]1OCCCC[C@@H]1c1ccc(Cl)c(Cl)c1. The van der Waals surface area contributed by atoms with Crippen LogP contribution in [0.25, 0.3) is 0 Å². The molecular weight excluding hydrogens is 319 g/mol. The molecule has 2 rings (SSSR count). The van der Waals surface area contributed by atoms with Crippen molar-refractivity contribution in [3.63, 3.8) is 0 Å². The van der Waals surface area contributed by atoms with Gasteiger partial charge in [0.2, 0.25) is 0 Å². The Hall–Kier alpha value is -0.290. The van der Waals surface area contributed by atoms with Crippen LogP contribution in [0.3, 0.4) is 0 Å². The van der Waals surface area contributed by atoms with Gasteiger partial charge < -0.3 is 4.74 Å². The Morgan fingerprint density at radius 2 is 2.00 bits per heavy atom. The van der Waals surface area contributed by atoms with E-state index < -0.39 is 9.84 Å². The highest BCUT2D eigenvalue weighted by atomic mass is 35.5. The first kappa shape index (κ1) is 16.1.